The third kappa shape index (κ3) is 3.44. The minimum absolute atomic E-state index is 0.0329. The van der Waals surface area contributed by atoms with Crippen molar-refractivity contribution < 1.29 is 14.4 Å². The van der Waals surface area contributed by atoms with E-state index >= 15 is 0 Å². The standard InChI is InChI=1S/C14H21N5O3/c1-9-11(10(2)17-16-9)5-4-6-15-12(20)7-19-13(21)8-18(3)14(19)22/h4-8H2,1-3H3,(H,15,20)(H,16,17). The van der Waals surface area contributed by atoms with Crippen LogP contribution in [0.3, 0.4) is 0 Å². The van der Waals surface area contributed by atoms with E-state index in [1.165, 1.54) is 17.5 Å². The van der Waals surface area contributed by atoms with E-state index in [0.29, 0.717) is 6.54 Å². The zero-order valence-corrected chi connectivity index (χ0v) is 13.1. The van der Waals surface area contributed by atoms with Crippen LogP contribution in [0.15, 0.2) is 0 Å². The van der Waals surface area contributed by atoms with Gasteiger partial charge in [0.1, 0.15) is 13.1 Å². The summed E-state index contributed by atoms with van der Waals surface area (Å²) in [5.74, 6) is -0.662. The van der Waals surface area contributed by atoms with E-state index in [1.54, 1.807) is 0 Å². The highest BCUT2D eigenvalue weighted by Gasteiger charge is 2.34. The molecule has 2 rings (SSSR count). The lowest BCUT2D eigenvalue weighted by Gasteiger charge is -2.13. The topological polar surface area (TPSA) is 98.4 Å². The Kier molecular flexibility index (Phi) is 4.79. The van der Waals surface area contributed by atoms with Crippen molar-refractivity contribution in [2.24, 2.45) is 0 Å². The second kappa shape index (κ2) is 6.59. The molecule has 8 heteroatoms. The highest BCUT2D eigenvalue weighted by atomic mass is 16.2. The van der Waals surface area contributed by atoms with Gasteiger partial charge in [-0.3, -0.25) is 19.6 Å². The van der Waals surface area contributed by atoms with Gasteiger partial charge in [-0.1, -0.05) is 0 Å². The molecule has 22 heavy (non-hydrogen) atoms. The van der Waals surface area contributed by atoms with E-state index in [-0.39, 0.29) is 24.9 Å². The molecule has 0 atom stereocenters. The Labute approximate surface area is 128 Å². The van der Waals surface area contributed by atoms with Crippen LogP contribution in [0.4, 0.5) is 4.79 Å². The summed E-state index contributed by atoms with van der Waals surface area (Å²) in [6.45, 7) is 4.22. The van der Waals surface area contributed by atoms with Gasteiger partial charge in [-0.2, -0.15) is 5.10 Å². The molecule has 1 aromatic heterocycles. The molecule has 0 bridgehead atoms. The van der Waals surface area contributed by atoms with Crippen LogP contribution in [0.5, 0.6) is 0 Å². The van der Waals surface area contributed by atoms with Gasteiger partial charge in [0.25, 0.3) is 5.91 Å². The van der Waals surface area contributed by atoms with Crippen LogP contribution in [0.25, 0.3) is 0 Å². The van der Waals surface area contributed by atoms with Crippen LogP contribution in [-0.4, -0.2) is 64.5 Å². The Morgan fingerprint density at radius 1 is 1.36 bits per heavy atom. The predicted octanol–water partition coefficient (Wildman–Crippen LogP) is -0.0307. The zero-order valence-electron chi connectivity index (χ0n) is 13.1. The molecule has 1 aliphatic rings. The van der Waals surface area contributed by atoms with Gasteiger partial charge in [-0.15, -0.1) is 0 Å². The van der Waals surface area contributed by atoms with E-state index < -0.39 is 6.03 Å². The third-order valence-corrected chi connectivity index (χ3v) is 3.74. The Hall–Kier alpha value is -2.38. The van der Waals surface area contributed by atoms with Gasteiger partial charge in [-0.05, 0) is 32.3 Å². The summed E-state index contributed by atoms with van der Waals surface area (Å²) in [6, 6.07) is -0.426. The maximum absolute atomic E-state index is 11.8. The first-order valence-corrected chi connectivity index (χ1v) is 7.22. The molecular formula is C14H21N5O3. The van der Waals surface area contributed by atoms with Crippen LogP contribution < -0.4 is 5.32 Å². The number of nitrogens with one attached hydrogen (secondary N) is 2. The molecule has 1 fully saturated rings. The summed E-state index contributed by atoms with van der Waals surface area (Å²) < 4.78 is 0. The number of hydrogen-bond donors (Lipinski definition) is 2. The van der Waals surface area contributed by atoms with Gasteiger partial charge in [-0.25, -0.2) is 4.79 Å². The fourth-order valence-corrected chi connectivity index (χ4v) is 2.46. The van der Waals surface area contributed by atoms with E-state index in [1.807, 2.05) is 13.8 Å². The molecule has 0 spiro atoms. The van der Waals surface area contributed by atoms with Crippen LogP contribution in [-0.2, 0) is 16.0 Å². The number of carbonyl (C=O) groups excluding carboxylic acids is 3. The normalized spacial score (nSPS) is 14.9. The highest BCUT2D eigenvalue weighted by molar-refractivity contribution is 6.04. The van der Waals surface area contributed by atoms with Crippen molar-refractivity contribution in [2.75, 3.05) is 26.7 Å². The lowest BCUT2D eigenvalue weighted by atomic mass is 10.1. The molecule has 0 saturated carbocycles. The van der Waals surface area contributed by atoms with Crippen molar-refractivity contribution in [3.05, 3.63) is 17.0 Å². The largest absolute Gasteiger partial charge is 0.355 e. The number of aromatic amines is 1. The minimum atomic E-state index is -0.426. The molecule has 0 radical (unpaired) electrons. The van der Waals surface area contributed by atoms with Crippen molar-refractivity contribution in [2.45, 2.75) is 26.7 Å². The fraction of sp³-hybridized carbons (Fsp3) is 0.571. The van der Waals surface area contributed by atoms with E-state index in [9.17, 15) is 14.4 Å². The molecule has 0 aliphatic carbocycles. The molecule has 2 N–H and O–H groups in total. The first-order valence-electron chi connectivity index (χ1n) is 7.22. The quantitative estimate of drug-likeness (QED) is 0.569. The maximum Gasteiger partial charge on any atom is 0.327 e. The van der Waals surface area contributed by atoms with Gasteiger partial charge < -0.3 is 10.2 Å². The van der Waals surface area contributed by atoms with E-state index in [4.69, 9.17) is 0 Å². The van der Waals surface area contributed by atoms with E-state index in [2.05, 4.69) is 15.5 Å². The summed E-state index contributed by atoms with van der Waals surface area (Å²) in [6.07, 6.45) is 1.59. The number of nitrogens with zero attached hydrogens (tertiary/aromatic N) is 3. The summed E-state index contributed by atoms with van der Waals surface area (Å²) >= 11 is 0. The fourth-order valence-electron chi connectivity index (χ4n) is 2.46. The second-order valence-electron chi connectivity index (χ2n) is 5.48. The zero-order chi connectivity index (χ0) is 16.3. The summed E-state index contributed by atoms with van der Waals surface area (Å²) in [4.78, 5) is 37.3. The molecule has 0 unspecified atom stereocenters. The Morgan fingerprint density at radius 2 is 2.09 bits per heavy atom. The number of H-pyrrole nitrogens is 1. The maximum atomic E-state index is 11.8. The number of likely N-dealkylation sites (N-methyl/N-ethyl adjacent to an activating group) is 1. The van der Waals surface area contributed by atoms with Crippen molar-refractivity contribution in [1.82, 2.24) is 25.3 Å². The molecule has 1 saturated heterocycles. The Morgan fingerprint density at radius 3 is 2.64 bits per heavy atom. The Bertz CT molecular complexity index is 576. The molecule has 1 aliphatic heterocycles. The first kappa shape index (κ1) is 16.0. The second-order valence-corrected chi connectivity index (χ2v) is 5.48. The average Bonchev–Trinajstić information content (AvgIpc) is 2.90. The summed E-state index contributed by atoms with van der Waals surface area (Å²) in [5.41, 5.74) is 3.18. The molecule has 2 heterocycles. The van der Waals surface area contributed by atoms with Crippen molar-refractivity contribution in [3.63, 3.8) is 0 Å². The number of urea groups is 1. The molecular weight excluding hydrogens is 286 g/mol. The van der Waals surface area contributed by atoms with Gasteiger partial charge in [0.05, 0.1) is 5.69 Å². The van der Waals surface area contributed by atoms with E-state index in [0.717, 1.165) is 29.1 Å². The monoisotopic (exact) mass is 307 g/mol. The Balaban J connectivity index is 1.72. The van der Waals surface area contributed by atoms with Crippen LogP contribution in [0.1, 0.15) is 23.4 Å². The van der Waals surface area contributed by atoms with Crippen molar-refractivity contribution in [3.8, 4) is 0 Å². The SMILES string of the molecule is Cc1n[nH]c(C)c1CCCNC(=O)CN1C(=O)CN(C)C1=O. The lowest BCUT2D eigenvalue weighted by molar-refractivity contribution is -0.130. The molecule has 120 valence electrons. The number of rotatable bonds is 6. The predicted molar refractivity (Wildman–Crippen MR) is 79.1 cm³/mol. The van der Waals surface area contributed by atoms with Crippen molar-refractivity contribution in [1.29, 1.82) is 0 Å². The van der Waals surface area contributed by atoms with Crippen LogP contribution >= 0.6 is 0 Å². The average molecular weight is 307 g/mol. The number of aryl methyl sites for hydroxylation is 2. The van der Waals surface area contributed by atoms with Gasteiger partial charge in [0, 0.05) is 19.3 Å². The van der Waals surface area contributed by atoms with Gasteiger partial charge in [0.2, 0.25) is 5.91 Å². The van der Waals surface area contributed by atoms with Gasteiger partial charge >= 0.3 is 6.03 Å². The van der Waals surface area contributed by atoms with Crippen molar-refractivity contribution >= 4 is 17.8 Å². The molecule has 4 amide bonds. The number of aromatic nitrogens is 2. The van der Waals surface area contributed by atoms with Crippen LogP contribution in [0.2, 0.25) is 0 Å². The molecule has 1 aromatic rings. The van der Waals surface area contributed by atoms with Crippen LogP contribution in [0, 0.1) is 13.8 Å². The number of imide groups is 1. The molecule has 0 aromatic carbocycles. The summed E-state index contributed by atoms with van der Waals surface area (Å²) in [7, 11) is 1.54. The highest BCUT2D eigenvalue weighted by Crippen LogP contribution is 2.11. The van der Waals surface area contributed by atoms with Gasteiger partial charge in [0.15, 0.2) is 0 Å². The lowest BCUT2D eigenvalue weighted by Crippen LogP contribution is -2.41. The first-order chi connectivity index (χ1) is 10.4. The third-order valence-electron chi connectivity index (χ3n) is 3.74. The number of hydrogen-bond acceptors (Lipinski definition) is 4. The minimum Gasteiger partial charge on any atom is -0.355 e. The number of carbonyl (C=O) groups is 3. The smallest absolute Gasteiger partial charge is 0.327 e. The molecule has 8 nitrogen and oxygen atoms in total. The number of amides is 4. The summed E-state index contributed by atoms with van der Waals surface area (Å²) in [5, 5.41) is 9.78.